The molecule has 0 unspecified atom stereocenters. The number of halogens is 1. The van der Waals surface area contributed by atoms with Crippen molar-refractivity contribution in [2.75, 3.05) is 0 Å². The molecule has 1 aliphatic carbocycles. The van der Waals surface area contributed by atoms with E-state index in [2.05, 4.69) is 21.2 Å². The van der Waals surface area contributed by atoms with E-state index in [1.54, 1.807) is 12.1 Å². The van der Waals surface area contributed by atoms with E-state index in [9.17, 15) is 9.59 Å². The van der Waals surface area contributed by atoms with Crippen molar-refractivity contribution >= 4 is 38.6 Å². The van der Waals surface area contributed by atoms with Crippen molar-refractivity contribution in [3.8, 4) is 5.75 Å². The van der Waals surface area contributed by atoms with Gasteiger partial charge in [0.2, 0.25) is 0 Å². The summed E-state index contributed by atoms with van der Waals surface area (Å²) in [6, 6.07) is 11.3. The molecule has 0 bridgehead atoms. The van der Waals surface area contributed by atoms with Crippen molar-refractivity contribution in [2.24, 2.45) is 0 Å². The highest BCUT2D eigenvalue weighted by atomic mass is 79.9. The summed E-state index contributed by atoms with van der Waals surface area (Å²) in [6.45, 7) is 2.20. The maximum atomic E-state index is 13.1. The van der Waals surface area contributed by atoms with E-state index in [0.29, 0.717) is 40.8 Å². The van der Waals surface area contributed by atoms with Crippen molar-refractivity contribution in [1.82, 2.24) is 5.32 Å². The van der Waals surface area contributed by atoms with Crippen LogP contribution in [0.5, 0.6) is 5.75 Å². The lowest BCUT2D eigenvalue weighted by molar-refractivity contribution is 0.0454. The molecule has 1 aliphatic heterocycles. The topological polar surface area (TPSA) is 68.5 Å². The van der Waals surface area contributed by atoms with Crippen molar-refractivity contribution in [3.05, 3.63) is 63.3 Å². The normalized spacial score (nSPS) is 17.2. The second-order valence-corrected chi connectivity index (χ2v) is 9.09. The highest BCUT2D eigenvalue weighted by Gasteiger charge is 2.43. The number of amides is 1. The third-order valence-corrected chi connectivity index (χ3v) is 7.04. The Hall–Kier alpha value is -2.60. The van der Waals surface area contributed by atoms with Crippen LogP contribution >= 0.6 is 15.9 Å². The number of Topliss-reactive ketones (excluding diaryl/α,β-unsaturated/α-hetero) is 1. The van der Waals surface area contributed by atoms with Gasteiger partial charge in [-0.3, -0.25) is 9.59 Å². The number of rotatable bonds is 3. The minimum Gasteiger partial charge on any atom is -0.486 e. The van der Waals surface area contributed by atoms with Gasteiger partial charge in [0.1, 0.15) is 16.9 Å². The van der Waals surface area contributed by atoms with Crippen LogP contribution in [0.1, 0.15) is 64.1 Å². The zero-order chi connectivity index (χ0) is 20.9. The van der Waals surface area contributed by atoms with Crippen LogP contribution in [-0.4, -0.2) is 17.3 Å². The molecule has 5 rings (SSSR count). The predicted octanol–water partition coefficient (Wildman–Crippen LogP) is 5.71. The number of carbonyl (C=O) groups is 2. The fraction of sp³-hybridized carbons (Fsp3) is 0.333. The number of aryl methyl sites for hydroxylation is 1. The Morgan fingerprint density at radius 2 is 1.93 bits per heavy atom. The maximum absolute atomic E-state index is 13.1. The predicted molar refractivity (Wildman–Crippen MR) is 117 cm³/mol. The number of hydrogen-bond acceptors (Lipinski definition) is 4. The molecule has 6 heteroatoms. The minimum atomic E-state index is -0.349. The molecule has 5 nitrogen and oxygen atoms in total. The zero-order valence-corrected chi connectivity index (χ0v) is 18.3. The Morgan fingerprint density at radius 3 is 2.70 bits per heavy atom. The van der Waals surface area contributed by atoms with E-state index >= 15 is 0 Å². The SMILES string of the molecule is Cc1c(C(=O)NCc2ccccc2Br)oc2ccc3c(c12)C(=O)CC1(CCCC1)O3. The number of fused-ring (bicyclic) bond motifs is 3. The maximum Gasteiger partial charge on any atom is 0.287 e. The van der Waals surface area contributed by atoms with Crippen LogP contribution in [-0.2, 0) is 6.54 Å². The van der Waals surface area contributed by atoms with Gasteiger partial charge >= 0.3 is 0 Å². The minimum absolute atomic E-state index is 0.0767. The summed E-state index contributed by atoms with van der Waals surface area (Å²) in [5.41, 5.74) is 2.39. The smallest absolute Gasteiger partial charge is 0.287 e. The average Bonchev–Trinajstić information content (AvgIpc) is 3.31. The first-order valence-corrected chi connectivity index (χ1v) is 11.1. The fourth-order valence-electron chi connectivity index (χ4n) is 4.75. The zero-order valence-electron chi connectivity index (χ0n) is 16.7. The molecule has 2 aromatic carbocycles. The molecule has 0 radical (unpaired) electrons. The third kappa shape index (κ3) is 3.14. The van der Waals surface area contributed by atoms with Crippen LogP contribution in [0.3, 0.4) is 0 Å². The summed E-state index contributed by atoms with van der Waals surface area (Å²) in [5, 5.41) is 3.60. The number of hydrogen-bond donors (Lipinski definition) is 1. The first-order valence-electron chi connectivity index (χ1n) is 10.3. The lowest BCUT2D eigenvalue weighted by atomic mass is 9.87. The van der Waals surface area contributed by atoms with Crippen molar-refractivity contribution in [2.45, 2.75) is 51.2 Å². The van der Waals surface area contributed by atoms with Crippen molar-refractivity contribution in [3.63, 3.8) is 0 Å². The summed E-state index contributed by atoms with van der Waals surface area (Å²) in [7, 11) is 0. The molecule has 1 saturated carbocycles. The van der Waals surface area contributed by atoms with Gasteiger partial charge in [0.15, 0.2) is 11.5 Å². The van der Waals surface area contributed by atoms with Crippen LogP contribution in [0.4, 0.5) is 0 Å². The van der Waals surface area contributed by atoms with Gasteiger partial charge in [0.25, 0.3) is 5.91 Å². The molecule has 30 heavy (non-hydrogen) atoms. The standard InChI is InChI=1S/C24H22BrNO4/c1-14-20-18(29-22(14)23(28)26-13-15-6-2-3-7-16(15)25)8-9-19-21(20)17(27)12-24(30-19)10-4-5-11-24/h2-3,6-9H,4-5,10-13H2,1H3,(H,26,28). The number of nitrogens with one attached hydrogen (secondary N) is 1. The molecule has 2 aliphatic rings. The molecule has 3 aromatic rings. The molecule has 1 amide bonds. The fourth-order valence-corrected chi connectivity index (χ4v) is 5.17. The molecule has 2 heterocycles. The largest absolute Gasteiger partial charge is 0.486 e. The summed E-state index contributed by atoms with van der Waals surface area (Å²) in [4.78, 5) is 25.9. The monoisotopic (exact) mass is 467 g/mol. The van der Waals surface area contributed by atoms with Gasteiger partial charge < -0.3 is 14.5 Å². The number of ether oxygens (including phenoxy) is 1. The lowest BCUT2D eigenvalue weighted by Crippen LogP contribution is -2.39. The van der Waals surface area contributed by atoms with Gasteiger partial charge in [0.05, 0.1) is 12.0 Å². The van der Waals surface area contributed by atoms with Crippen LogP contribution in [0, 0.1) is 6.92 Å². The average molecular weight is 468 g/mol. The molecule has 1 aromatic heterocycles. The Balaban J connectivity index is 1.48. The Bertz CT molecular complexity index is 1170. The lowest BCUT2D eigenvalue weighted by Gasteiger charge is -2.34. The quantitative estimate of drug-likeness (QED) is 0.535. The molecule has 1 spiro atoms. The van der Waals surface area contributed by atoms with E-state index in [1.165, 1.54) is 0 Å². The van der Waals surface area contributed by atoms with Crippen LogP contribution in [0.15, 0.2) is 45.3 Å². The van der Waals surface area contributed by atoms with E-state index in [4.69, 9.17) is 9.15 Å². The van der Waals surface area contributed by atoms with Gasteiger partial charge in [-0.2, -0.15) is 0 Å². The van der Waals surface area contributed by atoms with E-state index in [0.717, 1.165) is 35.7 Å². The van der Waals surface area contributed by atoms with Crippen molar-refractivity contribution < 1.29 is 18.7 Å². The van der Waals surface area contributed by atoms with Crippen molar-refractivity contribution in [1.29, 1.82) is 0 Å². The van der Waals surface area contributed by atoms with Gasteiger partial charge in [0, 0.05) is 22.0 Å². The first kappa shape index (κ1) is 19.4. The summed E-state index contributed by atoms with van der Waals surface area (Å²) in [5.74, 6) is 0.626. The second kappa shape index (κ2) is 7.27. The van der Waals surface area contributed by atoms with Crippen LogP contribution in [0.2, 0.25) is 0 Å². The van der Waals surface area contributed by atoms with Gasteiger partial charge in [-0.05, 0) is 56.4 Å². The molecular formula is C24H22BrNO4. The van der Waals surface area contributed by atoms with E-state index < -0.39 is 0 Å². The Labute approximate surface area is 182 Å². The van der Waals surface area contributed by atoms with Crippen LogP contribution in [0.25, 0.3) is 11.0 Å². The summed E-state index contributed by atoms with van der Waals surface area (Å²) in [6.07, 6.45) is 4.43. The number of benzene rings is 2. The summed E-state index contributed by atoms with van der Waals surface area (Å²) >= 11 is 3.49. The molecular weight excluding hydrogens is 446 g/mol. The highest BCUT2D eigenvalue weighted by molar-refractivity contribution is 9.10. The molecule has 1 N–H and O–H groups in total. The second-order valence-electron chi connectivity index (χ2n) is 8.23. The Morgan fingerprint density at radius 1 is 1.17 bits per heavy atom. The molecule has 0 saturated heterocycles. The number of furan rings is 1. The number of carbonyl (C=O) groups excluding carboxylic acids is 2. The number of ketones is 1. The third-order valence-electron chi connectivity index (χ3n) is 6.26. The highest BCUT2D eigenvalue weighted by Crippen LogP contribution is 2.46. The first-order chi connectivity index (χ1) is 14.5. The van der Waals surface area contributed by atoms with E-state index in [-0.39, 0.29) is 23.1 Å². The molecule has 154 valence electrons. The molecule has 0 atom stereocenters. The molecule has 1 fully saturated rings. The summed E-state index contributed by atoms with van der Waals surface area (Å²) < 4.78 is 13.1. The van der Waals surface area contributed by atoms with E-state index in [1.807, 2.05) is 31.2 Å². The van der Waals surface area contributed by atoms with Gasteiger partial charge in [-0.25, -0.2) is 0 Å². The van der Waals surface area contributed by atoms with Crippen LogP contribution < -0.4 is 10.1 Å². The Kier molecular flexibility index (Phi) is 4.69. The van der Waals surface area contributed by atoms with Gasteiger partial charge in [-0.1, -0.05) is 34.1 Å². The van der Waals surface area contributed by atoms with Gasteiger partial charge in [-0.15, -0.1) is 0 Å².